The van der Waals surface area contributed by atoms with Crippen molar-refractivity contribution in [2.24, 2.45) is 0 Å². The van der Waals surface area contributed by atoms with Gasteiger partial charge in [0.2, 0.25) is 0 Å². The van der Waals surface area contributed by atoms with Crippen molar-refractivity contribution in [1.29, 1.82) is 0 Å². The molecule has 21 heavy (non-hydrogen) atoms. The molecule has 1 heterocycles. The van der Waals surface area contributed by atoms with Crippen LogP contribution in [-0.2, 0) is 6.54 Å². The standard InChI is InChI=1S/C16H16ClN3O/c17-15-4-2-1-3-11(15)9-19-16(21)12-7-14(10-18-8-12)20-13-5-6-13/h1-4,7-8,10,13,20H,5-6,9H2,(H,19,21). The molecular weight excluding hydrogens is 286 g/mol. The monoisotopic (exact) mass is 301 g/mol. The Labute approximate surface area is 128 Å². The minimum absolute atomic E-state index is 0.151. The molecule has 2 aromatic rings. The van der Waals surface area contributed by atoms with Crippen LogP contribution in [0.5, 0.6) is 0 Å². The molecule has 1 aromatic heterocycles. The minimum atomic E-state index is -0.151. The molecule has 0 radical (unpaired) electrons. The lowest BCUT2D eigenvalue weighted by atomic mass is 10.2. The van der Waals surface area contributed by atoms with Crippen LogP contribution in [0, 0.1) is 0 Å². The van der Waals surface area contributed by atoms with Crippen LogP contribution in [0.2, 0.25) is 5.02 Å². The molecule has 1 amide bonds. The number of nitrogens with zero attached hydrogens (tertiary/aromatic N) is 1. The summed E-state index contributed by atoms with van der Waals surface area (Å²) in [4.78, 5) is 16.3. The fourth-order valence-electron chi connectivity index (χ4n) is 2.03. The molecule has 1 aromatic carbocycles. The van der Waals surface area contributed by atoms with Gasteiger partial charge in [-0.25, -0.2) is 0 Å². The third-order valence-corrected chi connectivity index (χ3v) is 3.71. The van der Waals surface area contributed by atoms with Crippen LogP contribution in [0.4, 0.5) is 5.69 Å². The van der Waals surface area contributed by atoms with Crippen molar-refractivity contribution in [3.8, 4) is 0 Å². The van der Waals surface area contributed by atoms with E-state index in [0.717, 1.165) is 11.3 Å². The third kappa shape index (κ3) is 3.73. The Bertz CT molecular complexity index is 655. The number of rotatable bonds is 5. The van der Waals surface area contributed by atoms with Gasteiger partial charge in [0.25, 0.3) is 5.91 Å². The smallest absolute Gasteiger partial charge is 0.253 e. The van der Waals surface area contributed by atoms with Gasteiger partial charge in [0.1, 0.15) is 0 Å². The van der Waals surface area contributed by atoms with Gasteiger partial charge in [-0.05, 0) is 30.5 Å². The molecule has 0 atom stereocenters. The second-order valence-electron chi connectivity index (χ2n) is 5.15. The van der Waals surface area contributed by atoms with E-state index in [4.69, 9.17) is 11.6 Å². The number of hydrogen-bond donors (Lipinski definition) is 2. The van der Waals surface area contributed by atoms with Crippen molar-refractivity contribution in [3.05, 3.63) is 58.9 Å². The molecule has 1 fully saturated rings. The molecule has 0 saturated heterocycles. The maximum absolute atomic E-state index is 12.2. The van der Waals surface area contributed by atoms with Gasteiger partial charge < -0.3 is 10.6 Å². The lowest BCUT2D eigenvalue weighted by molar-refractivity contribution is 0.0950. The normalized spacial score (nSPS) is 13.8. The molecule has 3 rings (SSSR count). The van der Waals surface area contributed by atoms with Gasteiger partial charge >= 0.3 is 0 Å². The van der Waals surface area contributed by atoms with E-state index in [2.05, 4.69) is 15.6 Å². The lowest BCUT2D eigenvalue weighted by Crippen LogP contribution is -2.23. The van der Waals surface area contributed by atoms with Crippen LogP contribution in [0.3, 0.4) is 0 Å². The number of aromatic nitrogens is 1. The van der Waals surface area contributed by atoms with Crippen molar-refractivity contribution in [2.45, 2.75) is 25.4 Å². The highest BCUT2D eigenvalue weighted by Crippen LogP contribution is 2.24. The number of benzene rings is 1. The summed E-state index contributed by atoms with van der Waals surface area (Å²) < 4.78 is 0. The summed E-state index contributed by atoms with van der Waals surface area (Å²) in [5, 5.41) is 6.84. The topological polar surface area (TPSA) is 54.0 Å². The first-order chi connectivity index (χ1) is 10.2. The fraction of sp³-hybridized carbons (Fsp3) is 0.250. The van der Waals surface area contributed by atoms with Crippen molar-refractivity contribution in [2.75, 3.05) is 5.32 Å². The predicted octanol–water partition coefficient (Wildman–Crippen LogP) is 3.24. The second-order valence-corrected chi connectivity index (χ2v) is 5.56. The Morgan fingerprint density at radius 2 is 2.10 bits per heavy atom. The number of nitrogens with one attached hydrogen (secondary N) is 2. The lowest BCUT2D eigenvalue weighted by Gasteiger charge is -2.08. The molecule has 5 heteroatoms. The average Bonchev–Trinajstić information content (AvgIpc) is 3.30. The molecule has 0 spiro atoms. The zero-order valence-corrected chi connectivity index (χ0v) is 12.2. The molecule has 0 unspecified atom stereocenters. The number of halogens is 1. The first kappa shape index (κ1) is 13.9. The van der Waals surface area contributed by atoms with Gasteiger partial charge in [-0.15, -0.1) is 0 Å². The van der Waals surface area contributed by atoms with Gasteiger partial charge in [0.15, 0.2) is 0 Å². The summed E-state index contributed by atoms with van der Waals surface area (Å²) in [6.07, 6.45) is 5.68. The number of carbonyl (C=O) groups is 1. The SMILES string of the molecule is O=C(NCc1ccccc1Cl)c1cncc(NC2CC2)c1. The number of hydrogen-bond acceptors (Lipinski definition) is 3. The van der Waals surface area contributed by atoms with Gasteiger partial charge in [-0.2, -0.15) is 0 Å². The van der Waals surface area contributed by atoms with E-state index in [0.29, 0.717) is 23.2 Å². The highest BCUT2D eigenvalue weighted by molar-refractivity contribution is 6.31. The van der Waals surface area contributed by atoms with E-state index < -0.39 is 0 Å². The summed E-state index contributed by atoms with van der Waals surface area (Å²) in [6.45, 7) is 0.402. The highest BCUT2D eigenvalue weighted by atomic mass is 35.5. The molecule has 0 bridgehead atoms. The maximum Gasteiger partial charge on any atom is 0.253 e. The van der Waals surface area contributed by atoms with Crippen LogP contribution in [0.1, 0.15) is 28.8 Å². The zero-order valence-electron chi connectivity index (χ0n) is 11.5. The number of amides is 1. The Balaban J connectivity index is 1.63. The van der Waals surface area contributed by atoms with Crippen LogP contribution in [0.25, 0.3) is 0 Å². The summed E-state index contributed by atoms with van der Waals surface area (Å²) in [7, 11) is 0. The van der Waals surface area contributed by atoms with E-state index >= 15 is 0 Å². The first-order valence-corrected chi connectivity index (χ1v) is 7.33. The summed E-state index contributed by atoms with van der Waals surface area (Å²) in [5.74, 6) is -0.151. The van der Waals surface area contributed by atoms with Crippen LogP contribution in [-0.4, -0.2) is 16.9 Å². The van der Waals surface area contributed by atoms with Crippen LogP contribution in [0.15, 0.2) is 42.7 Å². The van der Waals surface area contributed by atoms with Crippen molar-refractivity contribution in [1.82, 2.24) is 10.3 Å². The van der Waals surface area contributed by atoms with Crippen LogP contribution >= 0.6 is 11.6 Å². The summed E-state index contributed by atoms with van der Waals surface area (Å²) in [5.41, 5.74) is 2.34. The molecule has 1 aliphatic carbocycles. The van der Waals surface area contributed by atoms with E-state index in [1.54, 1.807) is 12.4 Å². The van der Waals surface area contributed by atoms with Crippen molar-refractivity contribution in [3.63, 3.8) is 0 Å². The van der Waals surface area contributed by atoms with Gasteiger partial charge in [-0.1, -0.05) is 29.8 Å². The zero-order chi connectivity index (χ0) is 14.7. The average molecular weight is 302 g/mol. The maximum atomic E-state index is 12.2. The minimum Gasteiger partial charge on any atom is -0.381 e. The quantitative estimate of drug-likeness (QED) is 0.891. The molecule has 0 aliphatic heterocycles. The molecule has 108 valence electrons. The first-order valence-electron chi connectivity index (χ1n) is 6.95. The van der Waals surface area contributed by atoms with Crippen molar-refractivity contribution < 1.29 is 4.79 Å². The summed E-state index contributed by atoms with van der Waals surface area (Å²) in [6, 6.07) is 9.83. The number of carbonyl (C=O) groups excluding carboxylic acids is 1. The molecule has 1 aliphatic rings. The number of anilines is 1. The molecule has 2 N–H and O–H groups in total. The van der Waals surface area contributed by atoms with Gasteiger partial charge in [0, 0.05) is 30.0 Å². The van der Waals surface area contributed by atoms with E-state index in [9.17, 15) is 4.79 Å². The largest absolute Gasteiger partial charge is 0.381 e. The Hall–Kier alpha value is -2.07. The van der Waals surface area contributed by atoms with Crippen LogP contribution < -0.4 is 10.6 Å². The third-order valence-electron chi connectivity index (χ3n) is 3.35. The Kier molecular flexibility index (Phi) is 4.06. The second kappa shape index (κ2) is 6.14. The van der Waals surface area contributed by atoms with E-state index in [-0.39, 0.29) is 5.91 Å². The van der Waals surface area contributed by atoms with E-state index in [1.165, 1.54) is 12.8 Å². The summed E-state index contributed by atoms with van der Waals surface area (Å²) >= 11 is 6.07. The fourth-order valence-corrected chi connectivity index (χ4v) is 2.23. The Morgan fingerprint density at radius 1 is 1.29 bits per heavy atom. The van der Waals surface area contributed by atoms with Gasteiger partial charge in [0.05, 0.1) is 11.3 Å². The highest BCUT2D eigenvalue weighted by Gasteiger charge is 2.21. The molecular formula is C16H16ClN3O. The number of pyridine rings is 1. The predicted molar refractivity (Wildman–Crippen MR) is 83.5 cm³/mol. The van der Waals surface area contributed by atoms with Gasteiger partial charge in [-0.3, -0.25) is 9.78 Å². The molecule has 4 nitrogen and oxygen atoms in total. The molecule has 1 saturated carbocycles. The van der Waals surface area contributed by atoms with E-state index in [1.807, 2.05) is 30.3 Å². The Morgan fingerprint density at radius 3 is 2.86 bits per heavy atom. The van der Waals surface area contributed by atoms with Crippen molar-refractivity contribution >= 4 is 23.2 Å².